The highest BCUT2D eigenvalue weighted by atomic mass is 79.9. The fourth-order valence-electron chi connectivity index (χ4n) is 2.10. The van der Waals surface area contributed by atoms with E-state index in [0.29, 0.717) is 28.6 Å². The van der Waals surface area contributed by atoms with Crippen molar-refractivity contribution in [2.24, 2.45) is 5.92 Å². The summed E-state index contributed by atoms with van der Waals surface area (Å²) in [5.74, 6) is 0.0648. The van der Waals surface area contributed by atoms with E-state index in [2.05, 4.69) is 21.2 Å². The topological polar surface area (TPSA) is 49.4 Å². The second-order valence-corrected chi connectivity index (χ2v) is 7.47. The number of carbonyl (C=O) groups is 2. The van der Waals surface area contributed by atoms with Gasteiger partial charge in [0.15, 0.2) is 0 Å². The Labute approximate surface area is 141 Å². The van der Waals surface area contributed by atoms with Crippen LogP contribution in [0.5, 0.6) is 0 Å². The molecule has 7 heteroatoms. The van der Waals surface area contributed by atoms with Gasteiger partial charge in [0.05, 0.1) is 11.4 Å². The van der Waals surface area contributed by atoms with Gasteiger partial charge in [0.1, 0.15) is 11.9 Å². The third-order valence-electron chi connectivity index (χ3n) is 3.29. The highest BCUT2D eigenvalue weighted by Crippen LogP contribution is 2.25. The molecule has 1 aromatic carbocycles. The Morgan fingerprint density at radius 2 is 2.23 bits per heavy atom. The summed E-state index contributed by atoms with van der Waals surface area (Å²) in [6.45, 7) is 4.57. The Morgan fingerprint density at radius 1 is 1.50 bits per heavy atom. The standard InChI is InChI=1S/C15H18BrFN2O2S/c1-9(2)6-18-14(20)13-7-22-8-19(13)15(21)11-4-3-10(16)5-12(11)17/h3-5,9,13H,6-8H2,1-2H3,(H,18,20). The number of halogens is 2. The fourth-order valence-corrected chi connectivity index (χ4v) is 3.59. The van der Waals surface area contributed by atoms with Crippen molar-refractivity contribution in [3.63, 3.8) is 0 Å². The first-order chi connectivity index (χ1) is 10.4. The molecular weight excluding hydrogens is 371 g/mol. The van der Waals surface area contributed by atoms with Gasteiger partial charge in [-0.15, -0.1) is 11.8 Å². The molecule has 0 aromatic heterocycles. The molecule has 0 aliphatic carbocycles. The van der Waals surface area contributed by atoms with Gasteiger partial charge in [-0.1, -0.05) is 29.8 Å². The molecular formula is C15H18BrFN2O2S. The van der Waals surface area contributed by atoms with Crippen molar-refractivity contribution < 1.29 is 14.0 Å². The molecule has 22 heavy (non-hydrogen) atoms. The Hall–Kier alpha value is -1.08. The summed E-state index contributed by atoms with van der Waals surface area (Å²) in [7, 11) is 0. The van der Waals surface area contributed by atoms with Gasteiger partial charge in [0.25, 0.3) is 5.91 Å². The smallest absolute Gasteiger partial charge is 0.258 e. The van der Waals surface area contributed by atoms with E-state index in [9.17, 15) is 14.0 Å². The number of carbonyl (C=O) groups excluding carboxylic acids is 2. The van der Waals surface area contributed by atoms with E-state index >= 15 is 0 Å². The number of thioether (sulfide) groups is 1. The van der Waals surface area contributed by atoms with Crippen molar-refractivity contribution >= 4 is 39.5 Å². The van der Waals surface area contributed by atoms with E-state index in [1.165, 1.54) is 28.8 Å². The normalized spacial score (nSPS) is 17.9. The van der Waals surface area contributed by atoms with Crippen LogP contribution in [-0.4, -0.2) is 40.9 Å². The van der Waals surface area contributed by atoms with Crippen molar-refractivity contribution in [3.8, 4) is 0 Å². The quantitative estimate of drug-likeness (QED) is 0.862. The summed E-state index contributed by atoms with van der Waals surface area (Å²) in [6.07, 6.45) is 0. The number of amides is 2. The van der Waals surface area contributed by atoms with Crippen molar-refractivity contribution in [2.75, 3.05) is 18.2 Å². The molecule has 1 atom stereocenters. The molecule has 1 aromatic rings. The molecule has 2 amide bonds. The lowest BCUT2D eigenvalue weighted by atomic mass is 10.1. The van der Waals surface area contributed by atoms with E-state index in [1.807, 2.05) is 13.8 Å². The van der Waals surface area contributed by atoms with Gasteiger partial charge in [-0.05, 0) is 24.1 Å². The minimum absolute atomic E-state index is 0.00707. The highest BCUT2D eigenvalue weighted by molar-refractivity contribution is 9.10. The zero-order chi connectivity index (χ0) is 16.3. The molecule has 1 unspecified atom stereocenters. The van der Waals surface area contributed by atoms with Crippen LogP contribution in [0.15, 0.2) is 22.7 Å². The van der Waals surface area contributed by atoms with Crippen molar-refractivity contribution in [3.05, 3.63) is 34.1 Å². The van der Waals surface area contributed by atoms with Gasteiger partial charge in [0, 0.05) is 16.8 Å². The maximum absolute atomic E-state index is 14.0. The molecule has 0 spiro atoms. The minimum atomic E-state index is -0.586. The molecule has 1 aliphatic heterocycles. The SMILES string of the molecule is CC(C)CNC(=O)C1CSCN1C(=O)c1ccc(Br)cc1F. The molecule has 1 heterocycles. The van der Waals surface area contributed by atoms with Gasteiger partial charge in [-0.25, -0.2) is 4.39 Å². The third-order valence-corrected chi connectivity index (χ3v) is 4.80. The van der Waals surface area contributed by atoms with Gasteiger partial charge < -0.3 is 10.2 Å². The lowest BCUT2D eigenvalue weighted by molar-refractivity contribution is -0.124. The van der Waals surface area contributed by atoms with Crippen molar-refractivity contribution in [2.45, 2.75) is 19.9 Å². The Morgan fingerprint density at radius 3 is 2.86 bits per heavy atom. The molecule has 1 saturated heterocycles. The first-order valence-corrected chi connectivity index (χ1v) is 8.96. The molecule has 0 bridgehead atoms. The first-order valence-electron chi connectivity index (χ1n) is 7.01. The summed E-state index contributed by atoms with van der Waals surface area (Å²) < 4.78 is 14.5. The van der Waals surface area contributed by atoms with Crippen LogP contribution in [0.4, 0.5) is 4.39 Å². The molecule has 1 fully saturated rings. The van der Waals surface area contributed by atoms with Crippen LogP contribution < -0.4 is 5.32 Å². The largest absolute Gasteiger partial charge is 0.354 e. The fraction of sp³-hybridized carbons (Fsp3) is 0.467. The summed E-state index contributed by atoms with van der Waals surface area (Å²) in [4.78, 5) is 26.2. The van der Waals surface area contributed by atoms with E-state index in [4.69, 9.17) is 0 Å². The number of hydrogen-bond donors (Lipinski definition) is 1. The Balaban J connectivity index is 2.12. The van der Waals surface area contributed by atoms with E-state index in [1.54, 1.807) is 6.07 Å². The molecule has 4 nitrogen and oxygen atoms in total. The zero-order valence-corrected chi connectivity index (χ0v) is 14.8. The predicted octanol–water partition coefficient (Wildman–Crippen LogP) is 2.88. The van der Waals surface area contributed by atoms with Crippen LogP contribution in [0.1, 0.15) is 24.2 Å². The molecule has 120 valence electrons. The minimum Gasteiger partial charge on any atom is -0.354 e. The van der Waals surface area contributed by atoms with Gasteiger partial charge in [-0.2, -0.15) is 0 Å². The van der Waals surface area contributed by atoms with Crippen LogP contribution in [0.2, 0.25) is 0 Å². The summed E-state index contributed by atoms with van der Waals surface area (Å²) in [5.41, 5.74) is -0.00707. The number of nitrogens with zero attached hydrogens (tertiary/aromatic N) is 1. The Bertz CT molecular complexity index is 583. The summed E-state index contributed by atoms with van der Waals surface area (Å²) >= 11 is 4.66. The average molecular weight is 389 g/mol. The molecule has 0 saturated carbocycles. The maximum Gasteiger partial charge on any atom is 0.258 e. The van der Waals surface area contributed by atoms with Gasteiger partial charge in [-0.3, -0.25) is 9.59 Å². The number of rotatable bonds is 4. The van der Waals surface area contributed by atoms with Crippen molar-refractivity contribution in [1.29, 1.82) is 0 Å². The highest BCUT2D eigenvalue weighted by Gasteiger charge is 2.35. The van der Waals surface area contributed by atoms with Crippen LogP contribution >= 0.6 is 27.7 Å². The lowest BCUT2D eigenvalue weighted by Crippen LogP contribution is -2.48. The average Bonchev–Trinajstić information content (AvgIpc) is 2.93. The molecule has 2 rings (SSSR count). The molecule has 1 aliphatic rings. The summed E-state index contributed by atoms with van der Waals surface area (Å²) in [5, 5.41) is 2.84. The molecule has 0 radical (unpaired) electrons. The van der Waals surface area contributed by atoms with Gasteiger partial charge >= 0.3 is 0 Å². The van der Waals surface area contributed by atoms with Crippen LogP contribution in [-0.2, 0) is 4.79 Å². The monoisotopic (exact) mass is 388 g/mol. The van der Waals surface area contributed by atoms with Crippen molar-refractivity contribution in [1.82, 2.24) is 10.2 Å². The van der Waals surface area contributed by atoms with E-state index in [0.717, 1.165) is 0 Å². The number of hydrogen-bond acceptors (Lipinski definition) is 3. The predicted molar refractivity (Wildman–Crippen MR) is 89.2 cm³/mol. The lowest BCUT2D eigenvalue weighted by Gasteiger charge is -2.23. The van der Waals surface area contributed by atoms with E-state index in [-0.39, 0.29) is 11.5 Å². The van der Waals surface area contributed by atoms with Crippen LogP contribution in [0.3, 0.4) is 0 Å². The second-order valence-electron chi connectivity index (χ2n) is 5.55. The Kier molecular flexibility index (Phi) is 5.86. The van der Waals surface area contributed by atoms with Crippen LogP contribution in [0, 0.1) is 11.7 Å². The third kappa shape index (κ3) is 4.01. The second kappa shape index (κ2) is 7.46. The molecule has 1 N–H and O–H groups in total. The zero-order valence-electron chi connectivity index (χ0n) is 12.4. The first kappa shape index (κ1) is 17.3. The maximum atomic E-state index is 14.0. The van der Waals surface area contributed by atoms with Crippen LogP contribution in [0.25, 0.3) is 0 Å². The number of benzene rings is 1. The number of nitrogens with one attached hydrogen (secondary N) is 1. The summed E-state index contributed by atoms with van der Waals surface area (Å²) in [6, 6.07) is 3.77. The van der Waals surface area contributed by atoms with Gasteiger partial charge in [0.2, 0.25) is 5.91 Å². The van der Waals surface area contributed by atoms with E-state index < -0.39 is 17.8 Å².